The largest absolute Gasteiger partial charge is 0.384 e. The quantitative estimate of drug-likeness (QED) is 0.678. The van der Waals surface area contributed by atoms with Gasteiger partial charge in [-0.25, -0.2) is 13.8 Å². The van der Waals surface area contributed by atoms with Crippen molar-refractivity contribution in [2.75, 3.05) is 5.73 Å². The average molecular weight is 158 g/mol. The standard InChI is InChI=1S/C7H8F2N2/c1-4-2-6(10)11-3-5(4)7(8)9/h2-3,7H,1H3,(H2,10,11). The molecule has 1 aromatic heterocycles. The van der Waals surface area contributed by atoms with Gasteiger partial charge >= 0.3 is 0 Å². The molecule has 0 aliphatic heterocycles. The Hall–Kier alpha value is -1.19. The molecule has 11 heavy (non-hydrogen) atoms. The van der Waals surface area contributed by atoms with Crippen LogP contribution in [0.5, 0.6) is 0 Å². The van der Waals surface area contributed by atoms with Gasteiger partial charge in [0, 0.05) is 11.8 Å². The summed E-state index contributed by atoms with van der Waals surface area (Å²) >= 11 is 0. The zero-order valence-corrected chi connectivity index (χ0v) is 6.01. The number of nitrogens with two attached hydrogens (primary N) is 1. The number of anilines is 1. The van der Waals surface area contributed by atoms with E-state index in [1.807, 2.05) is 0 Å². The average Bonchev–Trinajstić information content (AvgIpc) is 1.85. The van der Waals surface area contributed by atoms with Gasteiger partial charge in [0.2, 0.25) is 0 Å². The zero-order valence-electron chi connectivity index (χ0n) is 6.01. The van der Waals surface area contributed by atoms with E-state index in [-0.39, 0.29) is 11.4 Å². The summed E-state index contributed by atoms with van der Waals surface area (Å²) in [6, 6.07) is 1.43. The number of rotatable bonds is 1. The summed E-state index contributed by atoms with van der Waals surface area (Å²) in [7, 11) is 0. The molecule has 0 bridgehead atoms. The van der Waals surface area contributed by atoms with E-state index in [1.54, 1.807) is 6.92 Å². The van der Waals surface area contributed by atoms with Crippen LogP contribution in [-0.2, 0) is 0 Å². The first kappa shape index (κ1) is 7.91. The van der Waals surface area contributed by atoms with Crippen LogP contribution >= 0.6 is 0 Å². The first-order valence-electron chi connectivity index (χ1n) is 3.11. The minimum absolute atomic E-state index is 0.0563. The van der Waals surface area contributed by atoms with Crippen molar-refractivity contribution < 1.29 is 8.78 Å². The van der Waals surface area contributed by atoms with Crippen molar-refractivity contribution in [2.24, 2.45) is 0 Å². The van der Waals surface area contributed by atoms with Crippen LogP contribution in [0.25, 0.3) is 0 Å². The SMILES string of the molecule is Cc1cc(N)ncc1C(F)F. The molecule has 0 aliphatic carbocycles. The summed E-state index contributed by atoms with van der Waals surface area (Å²) in [6.45, 7) is 1.58. The van der Waals surface area contributed by atoms with Crippen LogP contribution in [-0.4, -0.2) is 4.98 Å². The predicted molar refractivity (Wildman–Crippen MR) is 38.3 cm³/mol. The molecule has 0 spiro atoms. The second kappa shape index (κ2) is 2.82. The molecule has 1 heterocycles. The Bertz CT molecular complexity index is 261. The summed E-state index contributed by atoms with van der Waals surface area (Å²) in [4.78, 5) is 3.56. The summed E-state index contributed by atoms with van der Waals surface area (Å²) in [5, 5.41) is 0. The van der Waals surface area contributed by atoms with Crippen LogP contribution in [0.15, 0.2) is 12.3 Å². The third-order valence-electron chi connectivity index (χ3n) is 1.41. The molecule has 0 saturated carbocycles. The number of hydrogen-bond acceptors (Lipinski definition) is 2. The van der Waals surface area contributed by atoms with Gasteiger partial charge < -0.3 is 5.73 Å². The Morgan fingerprint density at radius 3 is 2.64 bits per heavy atom. The van der Waals surface area contributed by atoms with E-state index < -0.39 is 6.43 Å². The lowest BCUT2D eigenvalue weighted by Crippen LogP contribution is -1.95. The van der Waals surface area contributed by atoms with E-state index in [0.29, 0.717) is 5.56 Å². The molecule has 0 aromatic carbocycles. The first-order chi connectivity index (χ1) is 5.11. The van der Waals surface area contributed by atoms with Crippen molar-refractivity contribution in [3.05, 3.63) is 23.4 Å². The summed E-state index contributed by atoms with van der Waals surface area (Å²) in [6.07, 6.45) is -1.36. The second-order valence-corrected chi connectivity index (χ2v) is 2.27. The maximum Gasteiger partial charge on any atom is 0.265 e. The van der Waals surface area contributed by atoms with Gasteiger partial charge in [-0.05, 0) is 18.6 Å². The van der Waals surface area contributed by atoms with Crippen molar-refractivity contribution in [2.45, 2.75) is 13.3 Å². The second-order valence-electron chi connectivity index (χ2n) is 2.27. The Balaban J connectivity index is 3.09. The van der Waals surface area contributed by atoms with Gasteiger partial charge in [-0.3, -0.25) is 0 Å². The van der Waals surface area contributed by atoms with Crippen LogP contribution in [0, 0.1) is 6.92 Å². The Kier molecular flexibility index (Phi) is 2.03. The highest BCUT2D eigenvalue weighted by Crippen LogP contribution is 2.21. The van der Waals surface area contributed by atoms with Crippen molar-refractivity contribution in [1.82, 2.24) is 4.98 Å². The normalized spacial score (nSPS) is 10.5. The lowest BCUT2D eigenvalue weighted by Gasteiger charge is -2.03. The predicted octanol–water partition coefficient (Wildman–Crippen LogP) is 1.91. The van der Waals surface area contributed by atoms with Gasteiger partial charge in [-0.1, -0.05) is 0 Å². The molecule has 0 unspecified atom stereocenters. The molecule has 60 valence electrons. The van der Waals surface area contributed by atoms with Crippen molar-refractivity contribution in [3.8, 4) is 0 Å². The topological polar surface area (TPSA) is 38.9 Å². The summed E-state index contributed by atoms with van der Waals surface area (Å²) in [5.74, 6) is 0.270. The summed E-state index contributed by atoms with van der Waals surface area (Å²) in [5.41, 5.74) is 5.69. The molecule has 2 N–H and O–H groups in total. The minimum atomic E-state index is -2.47. The Morgan fingerprint density at radius 1 is 1.55 bits per heavy atom. The third-order valence-corrected chi connectivity index (χ3v) is 1.41. The monoisotopic (exact) mass is 158 g/mol. The van der Waals surface area contributed by atoms with Crippen LogP contribution in [0.4, 0.5) is 14.6 Å². The van der Waals surface area contributed by atoms with E-state index in [4.69, 9.17) is 5.73 Å². The number of alkyl halides is 2. The van der Waals surface area contributed by atoms with E-state index in [9.17, 15) is 8.78 Å². The molecular formula is C7H8F2N2. The number of aromatic nitrogens is 1. The number of hydrogen-bond donors (Lipinski definition) is 1. The lowest BCUT2D eigenvalue weighted by molar-refractivity contribution is 0.150. The fraction of sp³-hybridized carbons (Fsp3) is 0.286. The van der Waals surface area contributed by atoms with Gasteiger partial charge in [-0.2, -0.15) is 0 Å². The van der Waals surface area contributed by atoms with Gasteiger partial charge in [0.05, 0.1) is 0 Å². The Labute approximate surface area is 63.1 Å². The van der Waals surface area contributed by atoms with Gasteiger partial charge in [-0.15, -0.1) is 0 Å². The molecule has 2 nitrogen and oxygen atoms in total. The zero-order chi connectivity index (χ0) is 8.43. The highest BCUT2D eigenvalue weighted by Gasteiger charge is 2.10. The van der Waals surface area contributed by atoms with Crippen molar-refractivity contribution >= 4 is 5.82 Å². The molecule has 0 saturated heterocycles. The highest BCUT2D eigenvalue weighted by atomic mass is 19.3. The van der Waals surface area contributed by atoms with Crippen LogP contribution in [0.3, 0.4) is 0 Å². The fourth-order valence-corrected chi connectivity index (χ4v) is 0.817. The van der Waals surface area contributed by atoms with Crippen molar-refractivity contribution in [1.29, 1.82) is 0 Å². The lowest BCUT2D eigenvalue weighted by atomic mass is 10.2. The molecule has 1 aromatic rings. The van der Waals surface area contributed by atoms with Crippen molar-refractivity contribution in [3.63, 3.8) is 0 Å². The van der Waals surface area contributed by atoms with Crippen LogP contribution in [0.2, 0.25) is 0 Å². The molecule has 0 atom stereocenters. The van der Waals surface area contributed by atoms with E-state index >= 15 is 0 Å². The molecule has 0 radical (unpaired) electrons. The van der Waals surface area contributed by atoms with E-state index in [0.717, 1.165) is 6.20 Å². The third kappa shape index (κ3) is 1.63. The first-order valence-corrected chi connectivity index (χ1v) is 3.11. The van der Waals surface area contributed by atoms with Gasteiger partial charge in [0.15, 0.2) is 0 Å². The molecule has 1 rings (SSSR count). The maximum atomic E-state index is 12.1. The van der Waals surface area contributed by atoms with Crippen LogP contribution < -0.4 is 5.73 Å². The van der Waals surface area contributed by atoms with E-state index in [2.05, 4.69) is 4.98 Å². The number of pyridine rings is 1. The number of halogens is 2. The number of nitrogen functional groups attached to an aromatic ring is 1. The molecule has 0 fully saturated rings. The van der Waals surface area contributed by atoms with Gasteiger partial charge in [0.1, 0.15) is 5.82 Å². The minimum Gasteiger partial charge on any atom is -0.384 e. The highest BCUT2D eigenvalue weighted by molar-refractivity contribution is 5.36. The molecule has 0 aliphatic rings. The smallest absolute Gasteiger partial charge is 0.265 e. The van der Waals surface area contributed by atoms with Crippen LogP contribution in [0.1, 0.15) is 17.6 Å². The van der Waals surface area contributed by atoms with Gasteiger partial charge in [0.25, 0.3) is 6.43 Å². The molecule has 4 heteroatoms. The number of nitrogens with zero attached hydrogens (tertiary/aromatic N) is 1. The molecule has 0 amide bonds. The maximum absolute atomic E-state index is 12.1. The molecular weight excluding hydrogens is 150 g/mol. The Morgan fingerprint density at radius 2 is 2.18 bits per heavy atom. The van der Waals surface area contributed by atoms with E-state index in [1.165, 1.54) is 6.07 Å². The summed E-state index contributed by atoms with van der Waals surface area (Å²) < 4.78 is 24.2. The number of aryl methyl sites for hydroxylation is 1. The fourth-order valence-electron chi connectivity index (χ4n) is 0.817.